The number of hydrogen-bond donors (Lipinski definition) is 1. The number of allylic oxidation sites excluding steroid dienone is 4. The van der Waals surface area contributed by atoms with E-state index in [1.165, 1.54) is 61.7 Å². The van der Waals surface area contributed by atoms with Gasteiger partial charge in [-0.25, -0.2) is 0 Å². The normalized spacial score (nSPS) is 13.3. The molecule has 0 aliphatic rings. The van der Waals surface area contributed by atoms with Gasteiger partial charge in [-0.05, 0) is 45.1 Å². The predicted octanol–water partition coefficient (Wildman–Crippen LogP) is 6.78. The number of hydrogen-bond acceptors (Lipinski definition) is 1. The topological polar surface area (TPSA) is 12.0 Å². The van der Waals surface area contributed by atoms with Crippen LogP contribution >= 0.6 is 0 Å². The summed E-state index contributed by atoms with van der Waals surface area (Å²) in [5.74, 6) is 0.851. The number of nitrogens with one attached hydrogen (secondary N) is 1. The SMILES string of the molecule is C=C(NCCCC)/C(C)=C/C(C)=C(\C)CC(CCC)CCC. The van der Waals surface area contributed by atoms with Gasteiger partial charge in [0.2, 0.25) is 0 Å². The Labute approximate surface area is 140 Å². The Morgan fingerprint density at radius 3 is 2.09 bits per heavy atom. The van der Waals surface area contributed by atoms with Crippen molar-refractivity contribution in [3.05, 3.63) is 35.1 Å². The molecule has 0 saturated carbocycles. The molecule has 0 bridgehead atoms. The molecule has 0 radical (unpaired) electrons. The summed E-state index contributed by atoms with van der Waals surface area (Å²) in [6.45, 7) is 18.7. The summed E-state index contributed by atoms with van der Waals surface area (Å²) in [6, 6.07) is 0. The molecule has 0 spiro atoms. The van der Waals surface area contributed by atoms with Crippen LogP contribution in [0.5, 0.6) is 0 Å². The van der Waals surface area contributed by atoms with Gasteiger partial charge in [0.15, 0.2) is 0 Å². The lowest BCUT2D eigenvalue weighted by molar-refractivity contribution is 0.436. The van der Waals surface area contributed by atoms with Crippen molar-refractivity contribution in [2.24, 2.45) is 5.92 Å². The van der Waals surface area contributed by atoms with Crippen molar-refractivity contribution in [3.8, 4) is 0 Å². The fourth-order valence-corrected chi connectivity index (χ4v) is 2.85. The first kappa shape index (κ1) is 21.0. The Balaban J connectivity index is 4.70. The molecule has 1 heteroatoms. The second-order valence-electron chi connectivity index (χ2n) is 6.70. The molecular formula is C21H39N. The second kappa shape index (κ2) is 12.6. The van der Waals surface area contributed by atoms with E-state index in [4.69, 9.17) is 0 Å². The zero-order valence-electron chi connectivity index (χ0n) is 16.0. The van der Waals surface area contributed by atoms with E-state index in [2.05, 4.69) is 59.5 Å². The first-order chi connectivity index (χ1) is 10.5. The second-order valence-corrected chi connectivity index (χ2v) is 6.70. The maximum Gasteiger partial charge on any atom is 0.0296 e. The molecule has 1 N–H and O–H groups in total. The highest BCUT2D eigenvalue weighted by Crippen LogP contribution is 2.24. The Morgan fingerprint density at radius 2 is 1.59 bits per heavy atom. The van der Waals surface area contributed by atoms with Crippen molar-refractivity contribution < 1.29 is 0 Å². The van der Waals surface area contributed by atoms with Crippen LogP contribution in [0.1, 0.15) is 86.5 Å². The van der Waals surface area contributed by atoms with Crippen LogP contribution in [0, 0.1) is 5.92 Å². The maximum absolute atomic E-state index is 4.16. The van der Waals surface area contributed by atoms with Crippen molar-refractivity contribution in [1.82, 2.24) is 5.32 Å². The standard InChI is InChI=1S/C21H39N/c1-8-11-14-22-20(7)19(6)15-17(4)18(5)16-21(12-9-2)13-10-3/h15,21-22H,7-14,16H2,1-6H3/b18-17+,19-15+. The van der Waals surface area contributed by atoms with Crippen LogP contribution in [-0.4, -0.2) is 6.54 Å². The minimum atomic E-state index is 0.851. The molecule has 1 nitrogen and oxygen atoms in total. The smallest absolute Gasteiger partial charge is 0.0296 e. The van der Waals surface area contributed by atoms with E-state index in [0.717, 1.165) is 18.2 Å². The molecule has 0 aromatic rings. The molecule has 0 amide bonds. The zero-order chi connectivity index (χ0) is 17.0. The van der Waals surface area contributed by atoms with E-state index in [1.807, 2.05) is 0 Å². The quantitative estimate of drug-likeness (QED) is 0.309. The minimum absolute atomic E-state index is 0.851. The molecule has 0 fully saturated rings. The average molecular weight is 306 g/mol. The van der Waals surface area contributed by atoms with Gasteiger partial charge in [-0.1, -0.05) is 76.7 Å². The van der Waals surface area contributed by atoms with Gasteiger partial charge >= 0.3 is 0 Å². The van der Waals surface area contributed by atoms with Crippen LogP contribution in [0.2, 0.25) is 0 Å². The number of rotatable bonds is 12. The molecule has 0 aromatic carbocycles. The third-order valence-electron chi connectivity index (χ3n) is 4.44. The number of unbranched alkanes of at least 4 members (excludes halogenated alkanes) is 1. The van der Waals surface area contributed by atoms with Gasteiger partial charge in [0.25, 0.3) is 0 Å². The van der Waals surface area contributed by atoms with E-state index in [9.17, 15) is 0 Å². The van der Waals surface area contributed by atoms with Gasteiger partial charge in [-0.15, -0.1) is 0 Å². The largest absolute Gasteiger partial charge is 0.385 e. The van der Waals surface area contributed by atoms with Gasteiger partial charge in [-0.2, -0.15) is 0 Å². The van der Waals surface area contributed by atoms with Crippen LogP contribution in [0.15, 0.2) is 35.1 Å². The van der Waals surface area contributed by atoms with Gasteiger partial charge in [-0.3, -0.25) is 0 Å². The Morgan fingerprint density at radius 1 is 1.00 bits per heavy atom. The fraction of sp³-hybridized carbons (Fsp3) is 0.714. The summed E-state index contributed by atoms with van der Waals surface area (Å²) in [6.07, 6.45) is 11.3. The van der Waals surface area contributed by atoms with E-state index in [-0.39, 0.29) is 0 Å². The van der Waals surface area contributed by atoms with E-state index >= 15 is 0 Å². The zero-order valence-corrected chi connectivity index (χ0v) is 16.0. The molecule has 0 heterocycles. The van der Waals surface area contributed by atoms with Crippen LogP contribution in [-0.2, 0) is 0 Å². The molecule has 128 valence electrons. The van der Waals surface area contributed by atoms with Gasteiger partial charge in [0, 0.05) is 12.2 Å². The maximum atomic E-state index is 4.16. The van der Waals surface area contributed by atoms with E-state index in [0.29, 0.717) is 0 Å². The van der Waals surface area contributed by atoms with Crippen LogP contribution in [0.3, 0.4) is 0 Å². The van der Waals surface area contributed by atoms with Crippen molar-refractivity contribution >= 4 is 0 Å². The summed E-state index contributed by atoms with van der Waals surface area (Å²) in [4.78, 5) is 0. The van der Waals surface area contributed by atoms with Gasteiger partial charge < -0.3 is 5.32 Å². The first-order valence-electron chi connectivity index (χ1n) is 9.23. The third-order valence-corrected chi connectivity index (χ3v) is 4.44. The van der Waals surface area contributed by atoms with Crippen molar-refractivity contribution in [1.29, 1.82) is 0 Å². The monoisotopic (exact) mass is 305 g/mol. The first-order valence-corrected chi connectivity index (χ1v) is 9.23. The molecule has 0 rings (SSSR count). The average Bonchev–Trinajstić information content (AvgIpc) is 2.47. The van der Waals surface area contributed by atoms with Crippen LogP contribution < -0.4 is 5.32 Å². The molecule has 0 aliphatic carbocycles. The third kappa shape index (κ3) is 9.12. The summed E-state index contributed by atoms with van der Waals surface area (Å²) in [5, 5.41) is 3.42. The Bertz CT molecular complexity index is 367. The van der Waals surface area contributed by atoms with Crippen molar-refractivity contribution in [3.63, 3.8) is 0 Å². The fourth-order valence-electron chi connectivity index (χ4n) is 2.85. The lowest BCUT2D eigenvalue weighted by atomic mass is 9.89. The highest BCUT2D eigenvalue weighted by atomic mass is 14.9. The van der Waals surface area contributed by atoms with Crippen LogP contribution in [0.4, 0.5) is 0 Å². The lowest BCUT2D eigenvalue weighted by Gasteiger charge is -2.17. The predicted molar refractivity (Wildman–Crippen MR) is 102 cm³/mol. The highest BCUT2D eigenvalue weighted by molar-refractivity contribution is 5.34. The van der Waals surface area contributed by atoms with Crippen molar-refractivity contribution in [2.45, 2.75) is 86.5 Å². The Hall–Kier alpha value is -0.980. The van der Waals surface area contributed by atoms with Crippen LogP contribution in [0.25, 0.3) is 0 Å². The van der Waals surface area contributed by atoms with Crippen molar-refractivity contribution in [2.75, 3.05) is 6.54 Å². The molecular weight excluding hydrogens is 266 g/mol. The summed E-state index contributed by atoms with van der Waals surface area (Å²) < 4.78 is 0. The minimum Gasteiger partial charge on any atom is -0.385 e. The molecule has 22 heavy (non-hydrogen) atoms. The lowest BCUT2D eigenvalue weighted by Crippen LogP contribution is -2.14. The molecule has 0 aromatic heterocycles. The summed E-state index contributed by atoms with van der Waals surface area (Å²) >= 11 is 0. The van der Waals surface area contributed by atoms with E-state index < -0.39 is 0 Å². The summed E-state index contributed by atoms with van der Waals surface area (Å²) in [5.41, 5.74) is 5.27. The van der Waals surface area contributed by atoms with Gasteiger partial charge in [0.05, 0.1) is 0 Å². The van der Waals surface area contributed by atoms with Gasteiger partial charge in [0.1, 0.15) is 0 Å². The Kier molecular flexibility index (Phi) is 12.0. The summed E-state index contributed by atoms with van der Waals surface area (Å²) in [7, 11) is 0. The highest BCUT2D eigenvalue weighted by Gasteiger charge is 2.09. The molecule has 0 saturated heterocycles. The van der Waals surface area contributed by atoms with E-state index in [1.54, 1.807) is 0 Å². The molecule has 0 atom stereocenters. The molecule has 0 unspecified atom stereocenters. The molecule has 0 aliphatic heterocycles.